The number of aromatic nitrogens is 8. The van der Waals surface area contributed by atoms with E-state index in [4.69, 9.17) is 32.5 Å². The van der Waals surface area contributed by atoms with Gasteiger partial charge < -0.3 is 33.8 Å². The van der Waals surface area contributed by atoms with Gasteiger partial charge >= 0.3 is 0 Å². The highest BCUT2D eigenvalue weighted by molar-refractivity contribution is 7.93. The molecule has 13 rings (SSSR count). The molecule has 32 heteroatoms. The quantitative estimate of drug-likeness (QED) is 0.0639. The molecule has 0 saturated carbocycles. The number of rotatable bonds is 20. The largest absolute Gasteiger partial charge is 0.481 e. The molecule has 3 aliphatic rings. The van der Waals surface area contributed by atoms with Crippen molar-refractivity contribution in [1.82, 2.24) is 54.7 Å². The lowest BCUT2D eigenvalue weighted by molar-refractivity contribution is -0.138. The smallest absolute Gasteiger partial charge is 0.263 e. The topological polar surface area (TPSA) is 318 Å². The van der Waals surface area contributed by atoms with E-state index in [0.29, 0.717) is 86.3 Å². The Balaban J connectivity index is 0.000000195. The fourth-order valence-corrected chi connectivity index (χ4v) is 14.6. The molecule has 4 aromatic heterocycles. The summed E-state index contributed by atoms with van der Waals surface area (Å²) in [6.07, 6.45) is 7.96. The van der Waals surface area contributed by atoms with Crippen LogP contribution in [0.4, 0.5) is 34.5 Å². The van der Waals surface area contributed by atoms with Crippen molar-refractivity contribution in [3.05, 3.63) is 228 Å². The number of hydrogen-bond donors (Lipinski definition) is 3. The van der Waals surface area contributed by atoms with Gasteiger partial charge in [-0.2, -0.15) is 4.98 Å². The Morgan fingerprint density at radius 3 is 1.35 bits per heavy atom. The van der Waals surface area contributed by atoms with Crippen LogP contribution in [0, 0.1) is 6.92 Å². The van der Waals surface area contributed by atoms with Crippen LogP contribution in [0.25, 0.3) is 11.4 Å². The molecule has 1 atom stereocenters. The van der Waals surface area contributed by atoms with Crippen LogP contribution in [0.1, 0.15) is 28.2 Å². The van der Waals surface area contributed by atoms with Crippen LogP contribution >= 0.6 is 23.2 Å². The molecule has 3 saturated heterocycles. The van der Waals surface area contributed by atoms with E-state index >= 15 is 0 Å². The number of carbonyl (C=O) groups is 2. The Morgan fingerprint density at radius 1 is 0.515 bits per heavy atom. The number of amides is 2. The highest BCUT2D eigenvalue weighted by atomic mass is 35.5. The number of nitrogens with one attached hydrogen (secondary N) is 3. The third kappa shape index (κ3) is 20.0. The van der Waals surface area contributed by atoms with Crippen LogP contribution in [-0.4, -0.2) is 176 Å². The number of hydrogen-bond acceptors (Lipinski definition) is 22. The molecule has 6 aromatic carbocycles. The van der Waals surface area contributed by atoms with Gasteiger partial charge in [0.1, 0.15) is 42.2 Å². The number of benzene rings is 6. The van der Waals surface area contributed by atoms with Crippen molar-refractivity contribution in [1.29, 1.82) is 0 Å². The van der Waals surface area contributed by atoms with Crippen molar-refractivity contribution in [2.45, 2.75) is 47.6 Å². The lowest BCUT2D eigenvalue weighted by atomic mass is 10.1. The molecule has 2 amide bonds. The molecule has 1 unspecified atom stereocenters. The summed E-state index contributed by atoms with van der Waals surface area (Å²) in [7, 11) is -11.2. The van der Waals surface area contributed by atoms with Gasteiger partial charge in [-0.25, -0.2) is 55.2 Å². The van der Waals surface area contributed by atoms with Gasteiger partial charge in [0.05, 0.1) is 21.1 Å². The maximum atomic E-state index is 12.8. The van der Waals surface area contributed by atoms with Gasteiger partial charge in [0.2, 0.25) is 17.6 Å². The molecule has 27 nitrogen and oxygen atoms in total. The standard InChI is InChI=1S/C24H25N7O3S.C23H24ClN5O4S.C22H22ClN5O3S.3H2/c1-18-27-24(28-34-18)20-4-2-19(3-5-20)16-30-12-14-31(15-13-30)21-6-8-22(9-7-21)35(32,33)29-23-10-11-25-17-26-23;1-17(33-20-4-2-3-18(24)15-20)23(30)29-13-11-28(12-14-29)19-5-7-21(8-6-19)34(31,32)27-22-9-10-25-16-26-22;23-18-3-1-2-17(14-18)15-22(29)28-12-10-27(11-13-28)19-4-6-20(7-5-19)32(30,31)26-21-8-9-24-16-25-21;;;/h2-11,17H,12-16H2,1H3,(H,25,26,29);2-10,15-17H,11-14H2,1H3,(H,25,26,27);1-9,14,16H,10-13,15H2,(H,24,25,26);3*1H. The number of carbonyl (C=O) groups excluding carboxylic acids is 2. The maximum absolute atomic E-state index is 12.8. The van der Waals surface area contributed by atoms with Crippen LogP contribution in [0.15, 0.2) is 221 Å². The molecule has 0 spiro atoms. The molecule has 0 radical (unpaired) electrons. The average molecular weight is 1470 g/mol. The Labute approximate surface area is 599 Å². The average Bonchev–Trinajstić information content (AvgIpc) is 1.16. The van der Waals surface area contributed by atoms with Crippen molar-refractivity contribution >= 4 is 99.6 Å². The number of aryl methyl sites for hydroxylation is 1. The summed E-state index contributed by atoms with van der Waals surface area (Å²) in [5, 5.41) is 5.14. The normalized spacial score (nSPS) is 14.7. The molecule has 101 heavy (non-hydrogen) atoms. The lowest BCUT2D eigenvalue weighted by Gasteiger charge is -2.37. The second-order valence-corrected chi connectivity index (χ2v) is 29.3. The summed E-state index contributed by atoms with van der Waals surface area (Å²) in [6.45, 7) is 12.8. The molecule has 530 valence electrons. The predicted molar refractivity (Wildman–Crippen MR) is 390 cm³/mol. The Morgan fingerprint density at radius 2 is 0.941 bits per heavy atom. The van der Waals surface area contributed by atoms with E-state index in [9.17, 15) is 34.8 Å². The van der Waals surface area contributed by atoms with Gasteiger partial charge in [0.15, 0.2) is 6.10 Å². The van der Waals surface area contributed by atoms with Crippen molar-refractivity contribution in [3.63, 3.8) is 0 Å². The maximum Gasteiger partial charge on any atom is 0.263 e. The van der Waals surface area contributed by atoms with E-state index in [-0.39, 0.29) is 48.2 Å². The molecule has 10 aromatic rings. The molecular weight excluding hydrogens is 1390 g/mol. The summed E-state index contributed by atoms with van der Waals surface area (Å²) in [4.78, 5) is 65.7. The number of ether oxygens (including phenoxy) is 1. The molecular formula is C69H77Cl2N17O10S3. The third-order valence-electron chi connectivity index (χ3n) is 16.4. The fraction of sp³-hybridized carbons (Fsp3) is 0.246. The van der Waals surface area contributed by atoms with Crippen molar-refractivity contribution < 1.29 is 48.4 Å². The number of anilines is 6. The van der Waals surface area contributed by atoms with Gasteiger partial charge in [0.25, 0.3) is 36.0 Å². The van der Waals surface area contributed by atoms with Gasteiger partial charge in [-0.15, -0.1) is 0 Å². The monoisotopic (exact) mass is 1470 g/mol. The SMILES string of the molecule is CC(Oc1cccc(Cl)c1)C(=O)N1CCN(c2ccc(S(=O)(=O)Nc3ccncn3)cc2)CC1.Cc1nc(-c2ccc(CN3CCN(c4ccc(S(=O)(=O)Nc5ccncn5)cc4)CC3)cc2)no1.O=C(Cc1cccc(Cl)c1)N1CCN(c2ccc(S(=O)(=O)Nc3ccncn3)cc2)CC1.[HH].[HH].[HH]. The van der Waals surface area contributed by atoms with Crippen molar-refractivity contribution in [3.8, 4) is 17.1 Å². The summed E-state index contributed by atoms with van der Waals surface area (Å²) in [6, 6.07) is 47.3. The summed E-state index contributed by atoms with van der Waals surface area (Å²) < 4.78 is 93.6. The van der Waals surface area contributed by atoms with Gasteiger partial charge in [-0.05, 0) is 139 Å². The lowest BCUT2D eigenvalue weighted by Crippen LogP contribution is -2.52. The molecule has 3 aliphatic heterocycles. The zero-order valence-corrected chi connectivity index (χ0v) is 58.8. The van der Waals surface area contributed by atoms with Crippen LogP contribution < -0.4 is 33.6 Å². The number of sulfonamides is 3. The highest BCUT2D eigenvalue weighted by Gasteiger charge is 2.28. The van der Waals surface area contributed by atoms with E-state index in [0.717, 1.165) is 60.9 Å². The van der Waals surface area contributed by atoms with Crippen LogP contribution in [-0.2, 0) is 52.6 Å². The first-order chi connectivity index (χ1) is 48.7. The van der Waals surface area contributed by atoms with Crippen LogP contribution in [0.2, 0.25) is 10.0 Å². The minimum Gasteiger partial charge on any atom is -0.481 e. The Hall–Kier alpha value is -10.4. The first-order valence-electron chi connectivity index (χ1n) is 32.0. The van der Waals surface area contributed by atoms with Gasteiger partial charge in [-0.1, -0.05) is 70.8 Å². The Bertz CT molecular complexity index is 4760. The molecule has 3 fully saturated rings. The second-order valence-electron chi connectivity index (χ2n) is 23.4. The first kappa shape index (κ1) is 71.9. The minimum atomic E-state index is -3.75. The summed E-state index contributed by atoms with van der Waals surface area (Å²) >= 11 is 12.0. The van der Waals surface area contributed by atoms with Crippen LogP contribution in [0.5, 0.6) is 5.75 Å². The molecule has 3 N–H and O–H groups in total. The zero-order chi connectivity index (χ0) is 70.9. The van der Waals surface area contributed by atoms with E-state index < -0.39 is 36.2 Å². The summed E-state index contributed by atoms with van der Waals surface area (Å²) in [5.74, 6) is 2.34. The van der Waals surface area contributed by atoms with E-state index in [1.807, 2.05) is 47.4 Å². The fourth-order valence-electron chi connectivity index (χ4n) is 11.1. The minimum absolute atomic E-state index is 0. The van der Waals surface area contributed by atoms with Crippen molar-refractivity contribution in [2.24, 2.45) is 0 Å². The third-order valence-corrected chi connectivity index (χ3v) is 21.0. The zero-order valence-electron chi connectivity index (χ0n) is 54.9. The van der Waals surface area contributed by atoms with E-state index in [2.05, 4.69) is 85.9 Å². The van der Waals surface area contributed by atoms with Crippen molar-refractivity contribution in [2.75, 3.05) is 107 Å². The number of piperazine rings is 3. The first-order valence-corrected chi connectivity index (χ1v) is 37.2. The highest BCUT2D eigenvalue weighted by Crippen LogP contribution is 2.27. The van der Waals surface area contributed by atoms with E-state index in [1.165, 1.54) is 61.3 Å². The van der Waals surface area contributed by atoms with Crippen LogP contribution in [0.3, 0.4) is 0 Å². The van der Waals surface area contributed by atoms with Gasteiger partial charge in [-0.3, -0.25) is 28.7 Å². The van der Waals surface area contributed by atoms with E-state index in [1.54, 1.807) is 110 Å². The number of nitrogens with zero attached hydrogens (tertiary/aromatic N) is 14. The Kier molecular flexibility index (Phi) is 23.6. The predicted octanol–water partition coefficient (Wildman–Crippen LogP) is 9.57. The second kappa shape index (κ2) is 33.2. The summed E-state index contributed by atoms with van der Waals surface area (Å²) in [5.41, 5.74) is 5.87. The molecule has 0 aliphatic carbocycles. The molecule has 7 heterocycles. The number of halogens is 2. The molecule has 0 bridgehead atoms. The van der Waals surface area contributed by atoms with Gasteiger partial charge in [0, 0.05) is 148 Å².